The van der Waals surface area contributed by atoms with Crippen LogP contribution in [0.2, 0.25) is 0 Å². The highest BCUT2D eigenvalue weighted by molar-refractivity contribution is 9.10. The lowest BCUT2D eigenvalue weighted by Gasteiger charge is -2.28. The Hall–Kier alpha value is -0.610. The van der Waals surface area contributed by atoms with Crippen molar-refractivity contribution in [3.63, 3.8) is 0 Å². The zero-order valence-electron chi connectivity index (χ0n) is 10.3. The largest absolute Gasteiger partial charge is 0.392 e. The summed E-state index contributed by atoms with van der Waals surface area (Å²) in [5.74, 6) is 0.848. The average molecular weight is 287 g/mol. The minimum Gasteiger partial charge on any atom is -0.392 e. The first-order valence-electron chi connectivity index (χ1n) is 5.30. The Bertz CT molecular complexity index is 361. The maximum Gasteiger partial charge on any atom is 0.133 e. The van der Waals surface area contributed by atoms with Gasteiger partial charge < -0.3 is 10.0 Å². The van der Waals surface area contributed by atoms with Crippen LogP contribution in [0.4, 0.5) is 5.82 Å². The van der Waals surface area contributed by atoms with Gasteiger partial charge in [-0.2, -0.15) is 0 Å². The molecule has 0 unspecified atom stereocenters. The molecule has 0 aromatic carbocycles. The Kier molecular flexibility index (Phi) is 4.33. The lowest BCUT2D eigenvalue weighted by Crippen LogP contribution is -2.30. The Morgan fingerprint density at radius 3 is 2.56 bits per heavy atom. The lowest BCUT2D eigenvalue weighted by atomic mass is 9.96. The summed E-state index contributed by atoms with van der Waals surface area (Å²) in [5, 5.41) is 9.30. The Morgan fingerprint density at radius 2 is 2.06 bits per heavy atom. The van der Waals surface area contributed by atoms with E-state index in [4.69, 9.17) is 0 Å². The van der Waals surface area contributed by atoms with E-state index in [-0.39, 0.29) is 12.0 Å². The zero-order chi connectivity index (χ0) is 12.3. The van der Waals surface area contributed by atoms with E-state index in [0.29, 0.717) is 0 Å². The van der Waals surface area contributed by atoms with Crippen LogP contribution in [-0.4, -0.2) is 23.7 Å². The van der Waals surface area contributed by atoms with Crippen LogP contribution in [0, 0.1) is 5.41 Å². The number of pyridine rings is 1. The number of halogens is 1. The van der Waals surface area contributed by atoms with E-state index in [0.717, 1.165) is 22.4 Å². The highest BCUT2D eigenvalue weighted by atomic mass is 79.9. The number of anilines is 1. The molecule has 90 valence electrons. The van der Waals surface area contributed by atoms with Crippen molar-refractivity contribution in [3.05, 3.63) is 22.3 Å². The third kappa shape index (κ3) is 3.76. The van der Waals surface area contributed by atoms with Crippen molar-refractivity contribution < 1.29 is 5.11 Å². The highest BCUT2D eigenvalue weighted by Crippen LogP contribution is 2.24. The van der Waals surface area contributed by atoms with Gasteiger partial charge in [0.25, 0.3) is 0 Å². The molecule has 0 bridgehead atoms. The van der Waals surface area contributed by atoms with Crippen molar-refractivity contribution >= 4 is 21.7 Å². The molecule has 1 aromatic heterocycles. The quantitative estimate of drug-likeness (QED) is 0.928. The molecule has 0 fully saturated rings. The maximum absolute atomic E-state index is 9.30. The number of aliphatic hydroxyl groups is 1. The Morgan fingerprint density at radius 1 is 1.44 bits per heavy atom. The van der Waals surface area contributed by atoms with Gasteiger partial charge >= 0.3 is 0 Å². The average Bonchev–Trinajstić information content (AvgIpc) is 2.14. The number of rotatable bonds is 3. The lowest BCUT2D eigenvalue weighted by molar-refractivity contribution is 0.281. The van der Waals surface area contributed by atoms with E-state index in [1.165, 1.54) is 0 Å². The molecule has 0 saturated carbocycles. The van der Waals surface area contributed by atoms with Gasteiger partial charge in [0.1, 0.15) is 5.82 Å². The van der Waals surface area contributed by atoms with Gasteiger partial charge in [-0.25, -0.2) is 4.98 Å². The molecule has 1 aromatic rings. The van der Waals surface area contributed by atoms with Crippen molar-refractivity contribution in [1.82, 2.24) is 4.98 Å². The monoisotopic (exact) mass is 286 g/mol. The number of aromatic nitrogens is 1. The van der Waals surface area contributed by atoms with Gasteiger partial charge in [0.05, 0.1) is 6.61 Å². The number of hydrogen-bond acceptors (Lipinski definition) is 3. The fourth-order valence-electron chi connectivity index (χ4n) is 1.72. The molecule has 4 heteroatoms. The summed E-state index contributed by atoms with van der Waals surface area (Å²) in [7, 11) is 2.00. The van der Waals surface area contributed by atoms with Crippen LogP contribution >= 0.6 is 15.9 Å². The van der Waals surface area contributed by atoms with Crippen molar-refractivity contribution in [3.8, 4) is 0 Å². The Balaban J connectivity index is 2.94. The van der Waals surface area contributed by atoms with Crippen LogP contribution in [0.25, 0.3) is 0 Å². The second-order valence-electron chi connectivity index (χ2n) is 5.21. The summed E-state index contributed by atoms with van der Waals surface area (Å²) in [4.78, 5) is 6.43. The number of hydrogen-bond donors (Lipinski definition) is 1. The molecule has 0 aliphatic rings. The summed E-state index contributed by atoms with van der Waals surface area (Å²) >= 11 is 3.36. The van der Waals surface area contributed by atoms with Gasteiger partial charge in [-0.3, -0.25) is 0 Å². The molecule has 0 amide bonds. The Labute approximate surface area is 106 Å². The smallest absolute Gasteiger partial charge is 0.133 e. The molecule has 16 heavy (non-hydrogen) atoms. The van der Waals surface area contributed by atoms with Gasteiger partial charge in [0.15, 0.2) is 0 Å². The highest BCUT2D eigenvalue weighted by Gasteiger charge is 2.16. The molecule has 0 aliphatic heterocycles. The molecular formula is C12H19BrN2O. The van der Waals surface area contributed by atoms with E-state index in [9.17, 15) is 5.11 Å². The molecule has 0 radical (unpaired) electrons. The first-order chi connectivity index (χ1) is 7.33. The van der Waals surface area contributed by atoms with Gasteiger partial charge in [0, 0.05) is 29.8 Å². The standard InChI is InChI=1S/C12H19BrN2O/c1-12(2,3)8-15(4)11-9(7-16)5-10(13)6-14-11/h5-6,16H,7-8H2,1-4H3. The summed E-state index contributed by atoms with van der Waals surface area (Å²) in [6.07, 6.45) is 1.76. The number of aliphatic hydroxyl groups excluding tert-OH is 1. The molecule has 1 N–H and O–H groups in total. The molecule has 0 spiro atoms. The van der Waals surface area contributed by atoms with Crippen LogP contribution in [0.5, 0.6) is 0 Å². The summed E-state index contributed by atoms with van der Waals surface area (Å²) in [6, 6.07) is 1.90. The van der Waals surface area contributed by atoms with Crippen LogP contribution in [-0.2, 0) is 6.61 Å². The molecular weight excluding hydrogens is 268 g/mol. The maximum atomic E-state index is 9.30. The molecule has 0 atom stereocenters. The van der Waals surface area contributed by atoms with Crippen LogP contribution in [0.3, 0.4) is 0 Å². The van der Waals surface area contributed by atoms with Crippen LogP contribution in [0.15, 0.2) is 16.7 Å². The molecule has 0 saturated heterocycles. The first kappa shape index (κ1) is 13.5. The molecule has 0 aliphatic carbocycles. The van der Waals surface area contributed by atoms with Gasteiger partial charge in [-0.1, -0.05) is 20.8 Å². The second-order valence-corrected chi connectivity index (χ2v) is 6.13. The van der Waals surface area contributed by atoms with Crippen LogP contribution in [0.1, 0.15) is 26.3 Å². The topological polar surface area (TPSA) is 36.4 Å². The first-order valence-corrected chi connectivity index (χ1v) is 6.09. The van der Waals surface area contributed by atoms with E-state index < -0.39 is 0 Å². The minimum absolute atomic E-state index is 0.0102. The van der Waals surface area contributed by atoms with Gasteiger partial charge in [0.2, 0.25) is 0 Å². The van der Waals surface area contributed by atoms with E-state index in [1.807, 2.05) is 13.1 Å². The molecule has 1 heterocycles. The summed E-state index contributed by atoms with van der Waals surface area (Å²) < 4.78 is 0.893. The van der Waals surface area contributed by atoms with Crippen LogP contribution < -0.4 is 4.90 Å². The van der Waals surface area contributed by atoms with E-state index >= 15 is 0 Å². The third-order valence-corrected chi connectivity index (χ3v) is 2.59. The molecule has 3 nitrogen and oxygen atoms in total. The van der Waals surface area contributed by atoms with Crippen molar-refractivity contribution in [2.24, 2.45) is 5.41 Å². The predicted molar refractivity (Wildman–Crippen MR) is 70.6 cm³/mol. The normalized spacial score (nSPS) is 11.6. The SMILES string of the molecule is CN(CC(C)(C)C)c1ncc(Br)cc1CO. The summed E-state index contributed by atoms with van der Waals surface area (Å²) in [5.41, 5.74) is 1.05. The van der Waals surface area contributed by atoms with E-state index in [1.54, 1.807) is 6.20 Å². The van der Waals surface area contributed by atoms with Crippen molar-refractivity contribution in [2.75, 3.05) is 18.5 Å². The van der Waals surface area contributed by atoms with E-state index in [2.05, 4.69) is 46.6 Å². The second kappa shape index (κ2) is 5.15. The number of nitrogens with zero attached hydrogens (tertiary/aromatic N) is 2. The zero-order valence-corrected chi connectivity index (χ0v) is 11.9. The van der Waals surface area contributed by atoms with Gasteiger partial charge in [-0.15, -0.1) is 0 Å². The molecule has 1 rings (SSSR count). The minimum atomic E-state index is 0.0102. The third-order valence-electron chi connectivity index (χ3n) is 2.15. The fourth-order valence-corrected chi connectivity index (χ4v) is 2.10. The predicted octanol–water partition coefficient (Wildman–Crippen LogP) is 2.82. The summed E-state index contributed by atoms with van der Waals surface area (Å²) in [6.45, 7) is 7.45. The van der Waals surface area contributed by atoms with Gasteiger partial charge in [-0.05, 0) is 27.4 Å². The fraction of sp³-hybridized carbons (Fsp3) is 0.583. The van der Waals surface area contributed by atoms with Crippen molar-refractivity contribution in [2.45, 2.75) is 27.4 Å². The van der Waals surface area contributed by atoms with Crippen molar-refractivity contribution in [1.29, 1.82) is 0 Å².